The van der Waals surface area contributed by atoms with E-state index in [1.54, 1.807) is 0 Å². The van der Waals surface area contributed by atoms with Gasteiger partial charge >= 0.3 is 0 Å². The summed E-state index contributed by atoms with van der Waals surface area (Å²) in [6, 6.07) is 0. The Balaban J connectivity index is 9.13. The molecule has 0 radical (unpaired) electrons. The molecule has 0 aliphatic carbocycles. The Labute approximate surface area is 378 Å². The predicted octanol–water partition coefficient (Wildman–Crippen LogP) is 21.4. The van der Waals surface area contributed by atoms with Gasteiger partial charge in [-0.3, -0.25) is 0 Å². The van der Waals surface area contributed by atoms with E-state index in [9.17, 15) is 0 Å². The van der Waals surface area contributed by atoms with E-state index in [0.29, 0.717) is 16.2 Å². The molecule has 0 heterocycles. The normalized spacial score (nSPS) is 20.0. The first-order valence-corrected chi connectivity index (χ1v) is 27.8. The van der Waals surface area contributed by atoms with Crippen molar-refractivity contribution in [2.24, 2.45) is 74.4 Å². The number of unbranched alkanes of at least 4 members (excludes halogenated alkanes) is 1. The van der Waals surface area contributed by atoms with Crippen LogP contribution in [0.3, 0.4) is 0 Å². The summed E-state index contributed by atoms with van der Waals surface area (Å²) in [5, 5.41) is 0. The van der Waals surface area contributed by atoms with Crippen LogP contribution in [0.5, 0.6) is 0 Å². The predicted molar refractivity (Wildman–Crippen MR) is 274 cm³/mol. The van der Waals surface area contributed by atoms with Crippen LogP contribution in [0, 0.1) is 74.4 Å². The molecule has 10 unspecified atom stereocenters. The Bertz CT molecular complexity index is 998. The average molecular weight is 830 g/mol. The average Bonchev–Trinajstić information content (AvgIpc) is 3.22. The summed E-state index contributed by atoms with van der Waals surface area (Å²) in [7, 11) is 0. The minimum absolute atomic E-state index is 0.243. The summed E-state index contributed by atoms with van der Waals surface area (Å²) < 4.78 is 0. The fraction of sp³-hybridized carbons (Fsp3) is 1.00. The van der Waals surface area contributed by atoms with E-state index < -0.39 is 0 Å². The highest BCUT2D eigenvalue weighted by molar-refractivity contribution is 5.12. The molecule has 0 nitrogen and oxygen atoms in total. The van der Waals surface area contributed by atoms with E-state index in [2.05, 4.69) is 138 Å². The quantitative estimate of drug-likeness (QED) is 0.0582. The molecule has 0 bridgehead atoms. The van der Waals surface area contributed by atoms with Gasteiger partial charge in [0.05, 0.1) is 0 Å². The van der Waals surface area contributed by atoms with Crippen molar-refractivity contribution in [3.8, 4) is 0 Å². The van der Waals surface area contributed by atoms with Crippen LogP contribution < -0.4 is 0 Å². The molecule has 0 aliphatic heterocycles. The molecule has 0 aromatic rings. The van der Waals surface area contributed by atoms with Crippen LogP contribution in [0.4, 0.5) is 0 Å². The molecule has 0 fully saturated rings. The zero-order valence-electron chi connectivity index (χ0n) is 45.5. The topological polar surface area (TPSA) is 0 Å². The fourth-order valence-corrected chi connectivity index (χ4v) is 14.5. The molecule has 10 atom stereocenters. The molecule has 0 spiro atoms. The van der Waals surface area contributed by atoms with Crippen LogP contribution >= 0.6 is 0 Å². The molecule has 356 valence electrons. The lowest BCUT2D eigenvalue weighted by Gasteiger charge is -2.67. The van der Waals surface area contributed by atoms with E-state index in [1.165, 1.54) is 167 Å². The Morgan fingerprint density at radius 2 is 1.00 bits per heavy atom. The summed E-state index contributed by atoms with van der Waals surface area (Å²) in [5.74, 6) is 6.32. The second-order valence-electron chi connectivity index (χ2n) is 23.3. The first-order valence-electron chi connectivity index (χ1n) is 27.8. The van der Waals surface area contributed by atoms with Crippen molar-refractivity contribution in [1.29, 1.82) is 0 Å². The van der Waals surface area contributed by atoms with Gasteiger partial charge in [0, 0.05) is 0 Å². The van der Waals surface area contributed by atoms with Crippen LogP contribution in [-0.2, 0) is 0 Å². The van der Waals surface area contributed by atoms with Crippen LogP contribution in [0.25, 0.3) is 0 Å². The van der Waals surface area contributed by atoms with E-state index in [-0.39, 0.29) is 10.8 Å². The lowest BCUT2D eigenvalue weighted by Crippen LogP contribution is -2.59. The molecule has 0 aromatic carbocycles. The highest BCUT2D eigenvalue weighted by Crippen LogP contribution is 2.71. The first kappa shape index (κ1) is 59.0. The Hall–Kier alpha value is 0. The zero-order chi connectivity index (χ0) is 45.5. The van der Waals surface area contributed by atoms with E-state index in [0.717, 1.165) is 47.3 Å². The Morgan fingerprint density at radius 3 is 1.44 bits per heavy atom. The highest BCUT2D eigenvalue weighted by Gasteiger charge is 2.63. The molecule has 0 aromatic heterocycles. The Kier molecular flexibility index (Phi) is 29.4. The number of hydrogen-bond acceptors (Lipinski definition) is 0. The molecule has 0 heteroatoms. The molecule has 59 heavy (non-hydrogen) atoms. The van der Waals surface area contributed by atoms with Gasteiger partial charge in [0.25, 0.3) is 0 Å². The lowest BCUT2D eigenvalue weighted by atomic mass is 9.37. The van der Waals surface area contributed by atoms with Crippen molar-refractivity contribution < 1.29 is 0 Å². The fourth-order valence-electron chi connectivity index (χ4n) is 14.5. The van der Waals surface area contributed by atoms with Gasteiger partial charge in [-0.1, -0.05) is 235 Å². The van der Waals surface area contributed by atoms with Gasteiger partial charge in [-0.15, -0.1) is 0 Å². The first-order chi connectivity index (χ1) is 27.8. The minimum atomic E-state index is 0.243. The molecule has 0 saturated carbocycles. The summed E-state index contributed by atoms with van der Waals surface area (Å²) in [6.45, 7) is 52.3. The number of rotatable bonds is 38. The maximum absolute atomic E-state index is 3.05. The summed E-state index contributed by atoms with van der Waals surface area (Å²) in [5.41, 5.74) is 1.59. The van der Waals surface area contributed by atoms with Gasteiger partial charge in [-0.25, -0.2) is 0 Å². The van der Waals surface area contributed by atoms with E-state index >= 15 is 0 Å². The maximum atomic E-state index is 3.05. The van der Waals surface area contributed by atoms with Gasteiger partial charge in [-0.2, -0.15) is 0 Å². The third kappa shape index (κ3) is 16.8. The standard InChI is InChI=1S/C59H120/c1-21-34-39-55(18,30-10)45-54(42-49(16)53(29-9)36-22-2)57(20,43-48(15)41-47(14)24-4)59(44-50(17)52(27-7)28-8,46-56(19,31-11)38-23-3)58(32-12,33-13)40-35-37-51(25-5)26-6/h47-54H,21-46H2,1-20H3. The second-order valence-corrected chi connectivity index (χ2v) is 23.3. The monoisotopic (exact) mass is 829 g/mol. The largest absolute Gasteiger partial charge is 0.0654 e. The summed E-state index contributed by atoms with van der Waals surface area (Å²) >= 11 is 0. The molecular weight excluding hydrogens is 709 g/mol. The zero-order valence-corrected chi connectivity index (χ0v) is 45.5. The third-order valence-corrected chi connectivity index (χ3v) is 19.4. The minimum Gasteiger partial charge on any atom is -0.0654 e. The summed E-state index contributed by atoms with van der Waals surface area (Å²) in [4.78, 5) is 0. The van der Waals surface area contributed by atoms with E-state index in [1.807, 2.05) is 0 Å². The van der Waals surface area contributed by atoms with Crippen molar-refractivity contribution in [1.82, 2.24) is 0 Å². The van der Waals surface area contributed by atoms with Gasteiger partial charge < -0.3 is 0 Å². The van der Waals surface area contributed by atoms with Crippen molar-refractivity contribution in [2.45, 2.75) is 305 Å². The van der Waals surface area contributed by atoms with Crippen molar-refractivity contribution in [3.63, 3.8) is 0 Å². The van der Waals surface area contributed by atoms with Gasteiger partial charge in [0.15, 0.2) is 0 Å². The van der Waals surface area contributed by atoms with Crippen molar-refractivity contribution in [3.05, 3.63) is 0 Å². The molecule has 0 saturated heterocycles. The third-order valence-electron chi connectivity index (χ3n) is 19.4. The molecule has 0 N–H and O–H groups in total. The molecule has 0 aliphatic rings. The smallest absolute Gasteiger partial charge is 0.0177 e. The maximum Gasteiger partial charge on any atom is -0.0177 e. The molecule has 0 amide bonds. The number of hydrogen-bond donors (Lipinski definition) is 0. The highest BCUT2D eigenvalue weighted by atomic mass is 14.7. The molecular formula is C59H120. The molecule has 0 rings (SSSR count). The van der Waals surface area contributed by atoms with Crippen molar-refractivity contribution >= 4 is 0 Å². The van der Waals surface area contributed by atoms with Crippen LogP contribution in [0.2, 0.25) is 0 Å². The van der Waals surface area contributed by atoms with Crippen LogP contribution in [-0.4, -0.2) is 0 Å². The second kappa shape index (κ2) is 29.4. The van der Waals surface area contributed by atoms with Crippen molar-refractivity contribution in [2.75, 3.05) is 0 Å². The van der Waals surface area contributed by atoms with Gasteiger partial charge in [0.1, 0.15) is 0 Å². The lowest BCUT2D eigenvalue weighted by molar-refractivity contribution is -0.183. The van der Waals surface area contributed by atoms with E-state index in [4.69, 9.17) is 0 Å². The SMILES string of the molecule is CCCCC(C)(CC)CC(CC(C)C(CC)CCC)C(C)(CC(C)CC(C)CC)C(CC(C)C(CC)CC)(CC(C)(CC)CCC)C(CC)(CC)CCCC(CC)CC. The van der Waals surface area contributed by atoms with Gasteiger partial charge in [0.2, 0.25) is 0 Å². The van der Waals surface area contributed by atoms with Crippen LogP contribution in [0.1, 0.15) is 305 Å². The Morgan fingerprint density at radius 1 is 0.424 bits per heavy atom. The van der Waals surface area contributed by atoms with Crippen LogP contribution in [0.15, 0.2) is 0 Å². The van der Waals surface area contributed by atoms with Gasteiger partial charge in [-0.05, 0) is 145 Å². The summed E-state index contributed by atoms with van der Waals surface area (Å²) in [6.07, 6.45) is 35.7.